The van der Waals surface area contributed by atoms with Crippen LogP contribution in [0.2, 0.25) is 0 Å². The van der Waals surface area contributed by atoms with Gasteiger partial charge in [0.25, 0.3) is 11.3 Å². The Kier molecular flexibility index (Phi) is 3.95. The van der Waals surface area contributed by atoms with Gasteiger partial charge in [0.05, 0.1) is 5.52 Å². The van der Waals surface area contributed by atoms with Crippen LogP contribution >= 0.6 is 0 Å². The van der Waals surface area contributed by atoms with Crippen LogP contribution in [0.5, 0.6) is 5.75 Å². The number of carbonyl (C=O) groups is 1. The molecule has 0 radical (unpaired) electrons. The molecule has 0 bridgehead atoms. The highest BCUT2D eigenvalue weighted by Crippen LogP contribution is 2.37. The maximum Gasteiger partial charge on any atom is 0.455 e. The molecule has 0 amide bonds. The number of halogens is 3. The number of aromatic nitrogens is 1. The van der Waals surface area contributed by atoms with E-state index in [0.29, 0.717) is 16.6 Å². The zero-order chi connectivity index (χ0) is 21.9. The number of pyridine rings is 1. The molecule has 5 rings (SSSR count). The lowest BCUT2D eigenvalue weighted by Gasteiger charge is -2.15. The molecule has 5 nitrogen and oxygen atoms in total. The van der Waals surface area contributed by atoms with Gasteiger partial charge in [-0.15, -0.1) is 0 Å². The Balaban J connectivity index is 2.00. The van der Waals surface area contributed by atoms with Gasteiger partial charge in [0, 0.05) is 21.8 Å². The first kappa shape index (κ1) is 18.9. The Hall–Kier alpha value is -4.07. The third kappa shape index (κ3) is 2.79. The SMILES string of the molecule is O=C(c1c(O)c2cc3oc4ccccc4c3cc2n(-c2ccccc2)c1=O)C(F)(F)F. The summed E-state index contributed by atoms with van der Waals surface area (Å²) in [6.45, 7) is 0. The van der Waals surface area contributed by atoms with Gasteiger partial charge >= 0.3 is 6.18 Å². The summed E-state index contributed by atoms with van der Waals surface area (Å²) in [7, 11) is 0. The van der Waals surface area contributed by atoms with Crippen LogP contribution in [0.15, 0.2) is 75.9 Å². The van der Waals surface area contributed by atoms with Gasteiger partial charge < -0.3 is 9.52 Å². The van der Waals surface area contributed by atoms with E-state index < -0.39 is 28.8 Å². The molecule has 0 atom stereocenters. The van der Waals surface area contributed by atoms with Crippen molar-refractivity contribution in [1.29, 1.82) is 0 Å². The summed E-state index contributed by atoms with van der Waals surface area (Å²) in [5, 5.41) is 11.8. The zero-order valence-electron chi connectivity index (χ0n) is 15.6. The molecule has 0 aliphatic heterocycles. The second kappa shape index (κ2) is 6.46. The van der Waals surface area contributed by atoms with Crippen LogP contribution in [0.25, 0.3) is 38.5 Å². The minimum absolute atomic E-state index is 0.109. The summed E-state index contributed by atoms with van der Waals surface area (Å²) in [4.78, 5) is 25.1. The quantitative estimate of drug-likeness (QED) is 0.389. The summed E-state index contributed by atoms with van der Waals surface area (Å²) in [5.74, 6) is -3.44. The molecule has 2 aromatic heterocycles. The predicted molar refractivity (Wildman–Crippen MR) is 109 cm³/mol. The highest BCUT2D eigenvalue weighted by molar-refractivity contribution is 6.13. The predicted octanol–water partition coefficient (Wildman–Crippen LogP) is 5.34. The number of hydrogen-bond acceptors (Lipinski definition) is 4. The largest absolute Gasteiger partial charge is 0.506 e. The number of aromatic hydroxyl groups is 1. The lowest BCUT2D eigenvalue weighted by Crippen LogP contribution is -2.32. The molecular weight excluding hydrogens is 411 g/mol. The Labute approximate surface area is 171 Å². The van der Waals surface area contributed by atoms with E-state index in [0.717, 1.165) is 9.95 Å². The minimum atomic E-state index is -5.33. The number of Topliss-reactive ketones (excluding diaryl/α,β-unsaturated/α-hetero) is 1. The van der Waals surface area contributed by atoms with Crippen LogP contribution in [0.4, 0.5) is 13.2 Å². The first-order valence-corrected chi connectivity index (χ1v) is 9.17. The molecule has 0 unspecified atom stereocenters. The van der Waals surface area contributed by atoms with Crippen LogP contribution in [0, 0.1) is 0 Å². The van der Waals surface area contributed by atoms with Crippen LogP contribution in [-0.4, -0.2) is 21.6 Å². The summed E-state index contributed by atoms with van der Waals surface area (Å²) in [6, 6.07) is 17.9. The second-order valence-electron chi connectivity index (χ2n) is 6.99. The Morgan fingerprint density at radius 3 is 2.26 bits per heavy atom. The van der Waals surface area contributed by atoms with Gasteiger partial charge in [0.1, 0.15) is 22.5 Å². The number of carbonyl (C=O) groups excluding carboxylic acids is 1. The molecule has 154 valence electrons. The van der Waals surface area contributed by atoms with Crippen molar-refractivity contribution < 1.29 is 27.5 Å². The van der Waals surface area contributed by atoms with Gasteiger partial charge in [-0.1, -0.05) is 36.4 Å². The molecule has 0 fully saturated rings. The molecule has 31 heavy (non-hydrogen) atoms. The molecule has 1 N–H and O–H groups in total. The number of rotatable bonds is 2. The summed E-state index contributed by atoms with van der Waals surface area (Å²) >= 11 is 0. The molecule has 3 aromatic carbocycles. The van der Waals surface area contributed by atoms with Crippen molar-refractivity contribution in [2.45, 2.75) is 6.18 Å². The number of nitrogens with zero attached hydrogens (tertiary/aromatic N) is 1. The molecule has 0 saturated carbocycles. The van der Waals surface area contributed by atoms with E-state index in [1.54, 1.807) is 48.5 Å². The number of hydrogen-bond donors (Lipinski definition) is 1. The van der Waals surface area contributed by atoms with Crippen LogP contribution in [0.3, 0.4) is 0 Å². The van der Waals surface area contributed by atoms with E-state index >= 15 is 0 Å². The number of fused-ring (bicyclic) bond motifs is 4. The molecular formula is C23H12F3NO4. The van der Waals surface area contributed by atoms with Gasteiger partial charge in [-0.25, -0.2) is 0 Å². The average molecular weight is 423 g/mol. The van der Waals surface area contributed by atoms with Gasteiger partial charge in [-0.3, -0.25) is 14.2 Å². The summed E-state index contributed by atoms with van der Waals surface area (Å²) in [5.41, 5.74) is -1.36. The number of alkyl halides is 3. The second-order valence-corrected chi connectivity index (χ2v) is 6.99. The number of benzene rings is 3. The van der Waals surface area contributed by atoms with E-state index in [9.17, 15) is 27.9 Å². The lowest BCUT2D eigenvalue weighted by atomic mass is 10.0. The fourth-order valence-electron chi connectivity index (χ4n) is 3.77. The standard InChI is InChI=1S/C23H12F3NO4/c24-23(25,26)21(29)19-20(28)15-11-18-14(13-8-4-5-9-17(13)31-18)10-16(15)27(22(19)30)12-6-2-1-3-7-12/h1-11,28H. The van der Waals surface area contributed by atoms with E-state index in [-0.39, 0.29) is 16.6 Å². The van der Waals surface area contributed by atoms with Crippen molar-refractivity contribution in [2.24, 2.45) is 0 Å². The van der Waals surface area contributed by atoms with Crippen LogP contribution in [-0.2, 0) is 0 Å². The highest BCUT2D eigenvalue weighted by atomic mass is 19.4. The van der Waals surface area contributed by atoms with Crippen molar-refractivity contribution in [3.05, 3.63) is 82.6 Å². The van der Waals surface area contributed by atoms with E-state index in [1.807, 2.05) is 0 Å². The number of furan rings is 1. The van der Waals surface area contributed by atoms with Gasteiger partial charge in [0.15, 0.2) is 0 Å². The van der Waals surface area contributed by atoms with Crippen molar-refractivity contribution in [1.82, 2.24) is 4.57 Å². The third-order valence-corrected chi connectivity index (χ3v) is 5.14. The Bertz CT molecular complexity index is 1560. The highest BCUT2D eigenvalue weighted by Gasteiger charge is 2.43. The van der Waals surface area contributed by atoms with E-state index in [4.69, 9.17) is 4.42 Å². The van der Waals surface area contributed by atoms with Gasteiger partial charge in [0.2, 0.25) is 0 Å². The lowest BCUT2D eigenvalue weighted by molar-refractivity contribution is -0.0887. The van der Waals surface area contributed by atoms with E-state index in [2.05, 4.69) is 0 Å². The third-order valence-electron chi connectivity index (χ3n) is 5.14. The summed E-state index contributed by atoms with van der Waals surface area (Å²) < 4.78 is 46.3. The maximum atomic E-state index is 13.2. The molecule has 0 aliphatic rings. The maximum absolute atomic E-state index is 13.2. The first-order chi connectivity index (χ1) is 14.8. The van der Waals surface area contributed by atoms with Crippen molar-refractivity contribution in [3.63, 3.8) is 0 Å². The van der Waals surface area contributed by atoms with Crippen LogP contribution < -0.4 is 5.56 Å². The molecule has 5 aromatic rings. The number of ketones is 1. The molecule has 0 spiro atoms. The monoisotopic (exact) mass is 423 g/mol. The first-order valence-electron chi connectivity index (χ1n) is 9.17. The van der Waals surface area contributed by atoms with E-state index in [1.165, 1.54) is 18.2 Å². The molecule has 0 aliphatic carbocycles. The summed E-state index contributed by atoms with van der Waals surface area (Å²) in [6.07, 6.45) is -5.33. The Morgan fingerprint density at radius 2 is 1.55 bits per heavy atom. The smallest absolute Gasteiger partial charge is 0.455 e. The molecule has 8 heteroatoms. The van der Waals surface area contributed by atoms with Gasteiger partial charge in [-0.2, -0.15) is 13.2 Å². The van der Waals surface area contributed by atoms with Crippen molar-refractivity contribution >= 4 is 38.6 Å². The molecule has 0 saturated heterocycles. The van der Waals surface area contributed by atoms with Crippen molar-refractivity contribution in [3.8, 4) is 11.4 Å². The fraction of sp³-hybridized carbons (Fsp3) is 0.0435. The Morgan fingerprint density at radius 1 is 0.871 bits per heavy atom. The van der Waals surface area contributed by atoms with Crippen LogP contribution in [0.1, 0.15) is 10.4 Å². The van der Waals surface area contributed by atoms with Crippen molar-refractivity contribution in [2.75, 3.05) is 0 Å². The topological polar surface area (TPSA) is 72.4 Å². The minimum Gasteiger partial charge on any atom is -0.506 e. The average Bonchev–Trinajstić information content (AvgIpc) is 3.10. The zero-order valence-corrected chi connectivity index (χ0v) is 15.6. The normalized spacial score (nSPS) is 12.1. The van der Waals surface area contributed by atoms with Gasteiger partial charge in [-0.05, 0) is 30.3 Å². The fourth-order valence-corrected chi connectivity index (χ4v) is 3.77. The number of para-hydroxylation sites is 2. The molecule has 2 heterocycles.